The second-order valence-corrected chi connectivity index (χ2v) is 16.8. The zero-order valence-corrected chi connectivity index (χ0v) is 38.7. The number of unbranched alkanes of at least 4 members (excludes halogenated alkanes) is 4. The summed E-state index contributed by atoms with van der Waals surface area (Å²) in [4.78, 5) is 0. The van der Waals surface area contributed by atoms with E-state index < -0.39 is 28.7 Å². The van der Waals surface area contributed by atoms with Crippen LogP contribution in [0.1, 0.15) is 112 Å². The van der Waals surface area contributed by atoms with E-state index in [4.69, 9.17) is 22.3 Å². The molecule has 4 rings (SSSR count). The lowest BCUT2D eigenvalue weighted by Gasteiger charge is -2.14. The average molecular weight is 936 g/mol. The molecule has 4 aromatic rings. The van der Waals surface area contributed by atoms with Gasteiger partial charge in [0.05, 0.1) is 24.9 Å². The maximum Gasteiger partial charge on any atom is 0.394 e. The number of hydrogen-bond acceptors (Lipinski definition) is 15. The molecule has 0 amide bonds. The highest BCUT2D eigenvalue weighted by atomic mass is 32.3. The minimum absolute atomic E-state index is 0.0476. The van der Waals surface area contributed by atoms with Gasteiger partial charge in [0.1, 0.15) is 28.7 Å². The largest absolute Gasteiger partial charge is 0.508 e. The van der Waals surface area contributed by atoms with Crippen LogP contribution >= 0.6 is 0 Å². The number of phenols is 5. The first-order valence-electron chi connectivity index (χ1n) is 21.7. The Morgan fingerprint density at radius 1 is 0.554 bits per heavy atom. The fourth-order valence-electron chi connectivity index (χ4n) is 5.93. The Kier molecular flexibility index (Phi) is 29.7. The fourth-order valence-corrected chi connectivity index (χ4v) is 5.93. The van der Waals surface area contributed by atoms with Gasteiger partial charge in [-0.15, -0.1) is 0 Å². The van der Waals surface area contributed by atoms with E-state index in [2.05, 4.69) is 46.3 Å². The number of phenolic OH excluding ortho intramolecular Hbond substituents is 4. The zero-order chi connectivity index (χ0) is 48.8. The second-order valence-electron chi connectivity index (χ2n) is 15.9. The van der Waals surface area contributed by atoms with Crippen LogP contribution in [0.15, 0.2) is 84.9 Å². The molecular formula is C47H73N3O14S. The number of aliphatic hydroxyl groups is 4. The number of aryl methyl sites for hydroxylation is 1. The molecule has 0 spiro atoms. The lowest BCUT2D eigenvalue weighted by atomic mass is 10.1. The van der Waals surface area contributed by atoms with Gasteiger partial charge in [0.25, 0.3) is 0 Å². The molecule has 0 aliphatic carbocycles. The molecule has 0 radical (unpaired) electrons. The third-order valence-electron chi connectivity index (χ3n) is 9.29. The molecule has 0 bridgehead atoms. The first kappa shape index (κ1) is 58.4. The summed E-state index contributed by atoms with van der Waals surface area (Å²) in [6, 6.07) is 24.2. The number of aliphatic hydroxyl groups excluding tert-OH is 4. The van der Waals surface area contributed by atoms with Gasteiger partial charge in [-0.05, 0) is 97.3 Å². The van der Waals surface area contributed by atoms with Crippen LogP contribution in [0.4, 0.5) is 0 Å². The van der Waals surface area contributed by atoms with Crippen molar-refractivity contribution >= 4 is 10.4 Å². The van der Waals surface area contributed by atoms with Crippen LogP contribution in [0.25, 0.3) is 0 Å². The first-order valence-corrected chi connectivity index (χ1v) is 23.1. The molecule has 4 aromatic carbocycles. The Bertz CT molecular complexity index is 1860. The monoisotopic (exact) mass is 935 g/mol. The highest BCUT2D eigenvalue weighted by Gasteiger charge is 2.12. The van der Waals surface area contributed by atoms with E-state index in [1.54, 1.807) is 12.1 Å². The summed E-state index contributed by atoms with van der Waals surface area (Å²) in [7, 11) is -4.67. The molecule has 3 unspecified atom stereocenters. The fraction of sp³-hybridized carbons (Fsp3) is 0.489. The quantitative estimate of drug-likeness (QED) is 0.0295. The van der Waals surface area contributed by atoms with Crippen molar-refractivity contribution < 1.29 is 68.2 Å². The Morgan fingerprint density at radius 2 is 1.00 bits per heavy atom. The van der Waals surface area contributed by atoms with Crippen molar-refractivity contribution in [1.29, 1.82) is 0 Å². The molecule has 0 saturated carbocycles. The molecule has 17 nitrogen and oxygen atoms in total. The Morgan fingerprint density at radius 3 is 1.46 bits per heavy atom. The molecule has 14 N–H and O–H groups in total. The molecule has 0 heterocycles. The van der Waals surface area contributed by atoms with Gasteiger partial charge in [-0.3, -0.25) is 9.11 Å². The van der Waals surface area contributed by atoms with Gasteiger partial charge in [0, 0.05) is 62.6 Å². The third kappa shape index (κ3) is 30.3. The SMILES string of the molecule is CC(C)NCC(O)c1cc(O)cc(O)c1.CC(C)NCC(O)c1cc(O)cc(O)c1.O=S(=O)(O)O.OCc1cc(C(O)CNCCCCCCOCCCCc2ccccc2)ccc1O. The van der Waals surface area contributed by atoms with E-state index in [1.807, 2.05) is 27.7 Å². The lowest BCUT2D eigenvalue weighted by Crippen LogP contribution is -2.27. The van der Waals surface area contributed by atoms with Crippen molar-refractivity contribution in [3.8, 4) is 28.7 Å². The van der Waals surface area contributed by atoms with Gasteiger partial charge in [0.2, 0.25) is 0 Å². The summed E-state index contributed by atoms with van der Waals surface area (Å²) >= 11 is 0. The zero-order valence-electron chi connectivity index (χ0n) is 37.9. The minimum Gasteiger partial charge on any atom is -0.508 e. The Hall–Kier alpha value is -4.57. The number of benzene rings is 4. The normalized spacial score (nSPS) is 12.6. The van der Waals surface area contributed by atoms with Gasteiger partial charge in [-0.25, -0.2) is 0 Å². The van der Waals surface area contributed by atoms with Gasteiger partial charge in [-0.1, -0.05) is 76.9 Å². The van der Waals surface area contributed by atoms with Gasteiger partial charge in [-0.2, -0.15) is 8.42 Å². The Balaban J connectivity index is 0.000000505. The van der Waals surface area contributed by atoms with E-state index in [-0.39, 0.29) is 47.4 Å². The highest BCUT2D eigenvalue weighted by Crippen LogP contribution is 2.26. The summed E-state index contributed by atoms with van der Waals surface area (Å²) in [6.07, 6.45) is 5.78. The van der Waals surface area contributed by atoms with Gasteiger partial charge >= 0.3 is 10.4 Å². The van der Waals surface area contributed by atoms with Crippen molar-refractivity contribution in [2.45, 2.75) is 110 Å². The summed E-state index contributed by atoms with van der Waals surface area (Å²) in [6.45, 7) is 11.5. The van der Waals surface area contributed by atoms with Crippen LogP contribution in [0, 0.1) is 0 Å². The van der Waals surface area contributed by atoms with Crippen molar-refractivity contribution in [3.05, 3.63) is 113 Å². The van der Waals surface area contributed by atoms with Crippen LogP contribution in [0.5, 0.6) is 28.7 Å². The van der Waals surface area contributed by atoms with E-state index in [0.717, 1.165) is 58.3 Å². The van der Waals surface area contributed by atoms with E-state index >= 15 is 0 Å². The summed E-state index contributed by atoms with van der Waals surface area (Å²) < 4.78 is 37.3. The maximum absolute atomic E-state index is 10.2. The molecule has 65 heavy (non-hydrogen) atoms. The maximum atomic E-state index is 10.2. The molecule has 0 aliphatic heterocycles. The molecule has 0 fully saturated rings. The van der Waals surface area contributed by atoms with Crippen LogP contribution in [-0.4, -0.2) is 115 Å². The van der Waals surface area contributed by atoms with Crippen molar-refractivity contribution in [1.82, 2.24) is 16.0 Å². The number of hydrogen-bond donors (Lipinski definition) is 14. The van der Waals surface area contributed by atoms with Crippen molar-refractivity contribution in [2.75, 3.05) is 39.4 Å². The topological polar surface area (TPSA) is 302 Å². The van der Waals surface area contributed by atoms with Crippen LogP contribution in [0.2, 0.25) is 0 Å². The van der Waals surface area contributed by atoms with Crippen molar-refractivity contribution in [3.63, 3.8) is 0 Å². The number of aromatic hydroxyl groups is 5. The molecule has 0 saturated heterocycles. The Labute approximate surface area is 384 Å². The van der Waals surface area contributed by atoms with Crippen LogP contribution in [0.3, 0.4) is 0 Å². The minimum atomic E-state index is -4.67. The molecule has 0 aliphatic rings. The molecular weight excluding hydrogens is 863 g/mol. The van der Waals surface area contributed by atoms with Gasteiger partial charge < -0.3 is 66.6 Å². The average Bonchev–Trinajstić information content (AvgIpc) is 3.23. The van der Waals surface area contributed by atoms with Crippen molar-refractivity contribution in [2.24, 2.45) is 0 Å². The van der Waals surface area contributed by atoms with Crippen LogP contribution < -0.4 is 16.0 Å². The smallest absolute Gasteiger partial charge is 0.394 e. The highest BCUT2D eigenvalue weighted by molar-refractivity contribution is 7.79. The molecule has 18 heteroatoms. The number of ether oxygens (including phenoxy) is 1. The molecule has 0 aromatic heterocycles. The molecule has 3 atom stereocenters. The summed E-state index contributed by atoms with van der Waals surface area (Å²) in [5.41, 5.74) is 3.54. The summed E-state index contributed by atoms with van der Waals surface area (Å²) in [5, 5.41) is 94.8. The first-order chi connectivity index (χ1) is 30.7. The van der Waals surface area contributed by atoms with E-state index in [1.165, 1.54) is 54.4 Å². The lowest BCUT2D eigenvalue weighted by molar-refractivity contribution is 0.126. The number of rotatable bonds is 24. The summed E-state index contributed by atoms with van der Waals surface area (Å²) in [5.74, 6) is -0.137. The molecule has 366 valence electrons. The third-order valence-corrected chi connectivity index (χ3v) is 9.29. The predicted octanol–water partition coefficient (Wildman–Crippen LogP) is 5.71. The predicted molar refractivity (Wildman–Crippen MR) is 250 cm³/mol. The standard InChI is InChI=1S/C25H37NO4.2C11H17NO3.H2O4S/c27-20-23-18-22(13-14-24(23)28)25(29)19-26-15-7-1-2-8-16-30-17-9-6-12-21-10-4-3-5-11-21;2*1-7(2)12-6-11(15)8-3-9(13)5-10(14)4-8;1-5(2,3)4/h3-5,10-11,13-14,18,25-29H,1-2,6-9,12,15-17,19-20H2;2*3-5,7,11-15H,6H2,1-2H3;(H2,1,2,3,4). The van der Waals surface area contributed by atoms with E-state index in [9.17, 15) is 46.0 Å². The van der Waals surface area contributed by atoms with Crippen LogP contribution in [-0.2, 0) is 28.2 Å². The number of nitrogens with one attached hydrogen (secondary N) is 3. The van der Waals surface area contributed by atoms with E-state index in [0.29, 0.717) is 41.9 Å². The second kappa shape index (κ2) is 33.0. The van der Waals surface area contributed by atoms with Gasteiger partial charge in [0.15, 0.2) is 0 Å².